The second-order valence-electron chi connectivity index (χ2n) is 4.80. The highest BCUT2D eigenvalue weighted by Gasteiger charge is 2.09. The molecule has 0 amide bonds. The molecule has 3 aromatic rings. The lowest BCUT2D eigenvalue weighted by atomic mass is 10.1. The van der Waals surface area contributed by atoms with Crippen LogP contribution in [0.4, 0.5) is 0 Å². The molecule has 0 saturated carbocycles. The molecule has 6 nitrogen and oxygen atoms in total. The highest BCUT2D eigenvalue weighted by atomic mass is 16.5. The Morgan fingerprint density at radius 3 is 2.82 bits per heavy atom. The van der Waals surface area contributed by atoms with Crippen LogP contribution in [0.15, 0.2) is 51.9 Å². The third-order valence-electron chi connectivity index (χ3n) is 3.24. The van der Waals surface area contributed by atoms with Gasteiger partial charge >= 0.3 is 0 Å². The number of aromatic nitrogens is 3. The summed E-state index contributed by atoms with van der Waals surface area (Å²) in [5.74, 6) is 0.891. The van der Waals surface area contributed by atoms with Crippen molar-refractivity contribution < 1.29 is 4.52 Å². The fraction of sp³-hybridized carbons (Fsp3) is 0.125. The van der Waals surface area contributed by atoms with Gasteiger partial charge in [0.15, 0.2) is 5.82 Å². The van der Waals surface area contributed by atoms with E-state index in [-0.39, 0.29) is 5.56 Å². The Morgan fingerprint density at radius 1 is 1.27 bits per heavy atom. The van der Waals surface area contributed by atoms with Gasteiger partial charge in [0.1, 0.15) is 0 Å². The molecule has 0 atom stereocenters. The molecule has 0 unspecified atom stereocenters. The maximum atomic E-state index is 12.0. The second kappa shape index (κ2) is 5.66. The number of rotatable bonds is 3. The molecule has 0 fully saturated rings. The predicted octanol–water partition coefficient (Wildman–Crippen LogP) is 2.13. The summed E-state index contributed by atoms with van der Waals surface area (Å²) in [7, 11) is 0. The van der Waals surface area contributed by atoms with E-state index in [1.54, 1.807) is 31.3 Å². The van der Waals surface area contributed by atoms with Gasteiger partial charge in [-0.2, -0.15) is 10.2 Å². The monoisotopic (exact) mass is 292 g/mol. The van der Waals surface area contributed by atoms with E-state index in [1.807, 2.05) is 12.1 Å². The van der Waals surface area contributed by atoms with Crippen LogP contribution in [-0.4, -0.2) is 14.7 Å². The Bertz CT molecular complexity index is 918. The van der Waals surface area contributed by atoms with Gasteiger partial charge in [0.2, 0.25) is 0 Å². The highest BCUT2D eigenvalue weighted by molar-refractivity contribution is 5.50. The summed E-state index contributed by atoms with van der Waals surface area (Å²) >= 11 is 0. The van der Waals surface area contributed by atoms with Crippen molar-refractivity contribution >= 4 is 0 Å². The van der Waals surface area contributed by atoms with Gasteiger partial charge in [-0.05, 0) is 24.6 Å². The summed E-state index contributed by atoms with van der Waals surface area (Å²) in [6.45, 7) is 2.04. The Morgan fingerprint density at radius 2 is 2.09 bits per heavy atom. The zero-order valence-corrected chi connectivity index (χ0v) is 11.9. The van der Waals surface area contributed by atoms with E-state index in [4.69, 9.17) is 9.78 Å². The van der Waals surface area contributed by atoms with Crippen LogP contribution in [-0.2, 0) is 6.54 Å². The molecule has 1 aromatic carbocycles. The standard InChI is InChI=1S/C16H12N4O2/c1-11-18-16(22-19-11)14-6-7-15(21)20(10-14)9-13-5-3-2-4-12(13)8-17/h2-7,10H,9H2,1H3. The molecule has 0 radical (unpaired) electrons. The van der Waals surface area contributed by atoms with Gasteiger partial charge in [0.25, 0.3) is 11.4 Å². The van der Waals surface area contributed by atoms with Crippen molar-refractivity contribution in [1.82, 2.24) is 14.7 Å². The third kappa shape index (κ3) is 2.65. The maximum absolute atomic E-state index is 12.0. The summed E-state index contributed by atoms with van der Waals surface area (Å²) in [4.78, 5) is 16.2. The normalized spacial score (nSPS) is 10.4. The molecule has 0 aliphatic carbocycles. The average Bonchev–Trinajstić information content (AvgIpc) is 2.96. The van der Waals surface area contributed by atoms with E-state index in [1.165, 1.54) is 10.6 Å². The molecule has 0 saturated heterocycles. The average molecular weight is 292 g/mol. The maximum Gasteiger partial charge on any atom is 0.259 e. The number of benzene rings is 1. The summed E-state index contributed by atoms with van der Waals surface area (Å²) in [6.07, 6.45) is 1.66. The van der Waals surface area contributed by atoms with Crippen LogP contribution in [0.25, 0.3) is 11.5 Å². The molecular formula is C16H12N4O2. The van der Waals surface area contributed by atoms with Crippen molar-refractivity contribution in [3.63, 3.8) is 0 Å². The number of hydrogen-bond acceptors (Lipinski definition) is 5. The van der Waals surface area contributed by atoms with Crippen molar-refractivity contribution in [1.29, 1.82) is 5.26 Å². The molecule has 0 aliphatic heterocycles. The third-order valence-corrected chi connectivity index (χ3v) is 3.24. The molecule has 0 aliphatic rings. The first-order valence-corrected chi connectivity index (χ1v) is 6.66. The van der Waals surface area contributed by atoms with Crippen LogP contribution < -0.4 is 5.56 Å². The van der Waals surface area contributed by atoms with E-state index in [0.29, 0.717) is 29.4 Å². The minimum absolute atomic E-state index is 0.160. The molecule has 108 valence electrons. The zero-order chi connectivity index (χ0) is 15.5. The fourth-order valence-corrected chi connectivity index (χ4v) is 2.15. The quantitative estimate of drug-likeness (QED) is 0.738. The number of pyridine rings is 1. The summed E-state index contributed by atoms with van der Waals surface area (Å²) in [5, 5.41) is 12.9. The van der Waals surface area contributed by atoms with Crippen molar-refractivity contribution in [3.8, 4) is 17.5 Å². The number of aryl methyl sites for hydroxylation is 1. The van der Waals surface area contributed by atoms with Crippen LogP contribution in [0.3, 0.4) is 0 Å². The van der Waals surface area contributed by atoms with Gasteiger partial charge in [0.05, 0.1) is 23.7 Å². The molecule has 22 heavy (non-hydrogen) atoms. The molecule has 2 heterocycles. The molecule has 2 aromatic heterocycles. The van der Waals surface area contributed by atoms with E-state index in [9.17, 15) is 4.79 Å². The van der Waals surface area contributed by atoms with Crippen molar-refractivity contribution in [2.75, 3.05) is 0 Å². The minimum Gasteiger partial charge on any atom is -0.334 e. The molecule has 3 rings (SSSR count). The number of nitrogens with zero attached hydrogens (tertiary/aromatic N) is 4. The Kier molecular flexibility index (Phi) is 3.54. The van der Waals surface area contributed by atoms with Crippen LogP contribution in [0.1, 0.15) is 17.0 Å². The fourth-order valence-electron chi connectivity index (χ4n) is 2.15. The van der Waals surface area contributed by atoms with E-state index in [0.717, 1.165) is 5.56 Å². The smallest absolute Gasteiger partial charge is 0.259 e. The first-order valence-electron chi connectivity index (χ1n) is 6.66. The van der Waals surface area contributed by atoms with E-state index in [2.05, 4.69) is 16.2 Å². The van der Waals surface area contributed by atoms with Crippen LogP contribution in [0, 0.1) is 18.3 Å². The molecule has 0 spiro atoms. The van der Waals surface area contributed by atoms with Gasteiger partial charge in [-0.15, -0.1) is 0 Å². The van der Waals surface area contributed by atoms with Crippen molar-refractivity contribution in [3.05, 3.63) is 69.9 Å². The lowest BCUT2D eigenvalue weighted by Crippen LogP contribution is -2.19. The van der Waals surface area contributed by atoms with Crippen LogP contribution in [0.2, 0.25) is 0 Å². The molecule has 6 heteroatoms. The highest BCUT2D eigenvalue weighted by Crippen LogP contribution is 2.16. The Hall–Kier alpha value is -3.20. The van der Waals surface area contributed by atoms with Crippen LogP contribution in [0.5, 0.6) is 0 Å². The number of nitriles is 1. The lowest BCUT2D eigenvalue weighted by molar-refractivity contribution is 0.425. The van der Waals surface area contributed by atoms with Crippen LogP contribution >= 0.6 is 0 Å². The topological polar surface area (TPSA) is 84.7 Å². The molecular weight excluding hydrogens is 280 g/mol. The molecule has 0 bridgehead atoms. The van der Waals surface area contributed by atoms with E-state index >= 15 is 0 Å². The first-order chi connectivity index (χ1) is 10.7. The lowest BCUT2D eigenvalue weighted by Gasteiger charge is -2.08. The second-order valence-corrected chi connectivity index (χ2v) is 4.80. The first kappa shape index (κ1) is 13.8. The summed E-state index contributed by atoms with van der Waals surface area (Å²) < 4.78 is 6.63. The van der Waals surface area contributed by atoms with Gasteiger partial charge < -0.3 is 9.09 Å². The predicted molar refractivity (Wildman–Crippen MR) is 79.0 cm³/mol. The van der Waals surface area contributed by atoms with Crippen molar-refractivity contribution in [2.24, 2.45) is 0 Å². The summed E-state index contributed by atoms with van der Waals surface area (Å²) in [5.41, 5.74) is 1.83. The van der Waals surface area contributed by atoms with Gasteiger partial charge in [0, 0.05) is 12.3 Å². The zero-order valence-electron chi connectivity index (χ0n) is 11.9. The minimum atomic E-state index is -0.160. The van der Waals surface area contributed by atoms with E-state index < -0.39 is 0 Å². The van der Waals surface area contributed by atoms with Gasteiger partial charge in [-0.25, -0.2) is 0 Å². The molecule has 0 N–H and O–H groups in total. The number of hydrogen-bond donors (Lipinski definition) is 0. The van der Waals surface area contributed by atoms with Gasteiger partial charge in [-0.1, -0.05) is 23.4 Å². The van der Waals surface area contributed by atoms with Gasteiger partial charge in [-0.3, -0.25) is 4.79 Å². The Balaban J connectivity index is 2.01. The SMILES string of the molecule is Cc1noc(-c2ccc(=O)n(Cc3ccccc3C#N)c2)n1. The van der Waals surface area contributed by atoms with Crippen molar-refractivity contribution in [2.45, 2.75) is 13.5 Å². The largest absolute Gasteiger partial charge is 0.334 e. The summed E-state index contributed by atoms with van der Waals surface area (Å²) in [6, 6.07) is 12.4. The Labute approximate surface area is 126 Å².